The molecule has 1 aromatic heterocycles. The summed E-state index contributed by atoms with van der Waals surface area (Å²) in [5.74, 6) is -0.0201. The molecule has 76 valence electrons. The van der Waals surface area contributed by atoms with Gasteiger partial charge in [0.1, 0.15) is 0 Å². The molecule has 0 unspecified atom stereocenters. The highest BCUT2D eigenvalue weighted by atomic mass is 16.2. The Labute approximate surface area is 88.3 Å². The molecule has 15 heavy (non-hydrogen) atoms. The SMILES string of the molecule is CN(C)C(=O)c1cnc2ccccc2c1. The van der Waals surface area contributed by atoms with Crippen molar-refractivity contribution in [2.24, 2.45) is 0 Å². The number of carbonyl (C=O) groups excluding carboxylic acids is 1. The summed E-state index contributed by atoms with van der Waals surface area (Å²) in [6.45, 7) is 0. The lowest BCUT2D eigenvalue weighted by molar-refractivity contribution is 0.0827. The zero-order valence-corrected chi connectivity index (χ0v) is 8.77. The lowest BCUT2D eigenvalue weighted by Crippen LogP contribution is -2.21. The number of para-hydroxylation sites is 1. The summed E-state index contributed by atoms with van der Waals surface area (Å²) in [5, 5.41) is 0.991. The van der Waals surface area contributed by atoms with Gasteiger partial charge in [0.2, 0.25) is 0 Å². The number of fused-ring (bicyclic) bond motifs is 1. The van der Waals surface area contributed by atoms with Crippen LogP contribution in [0, 0.1) is 0 Å². The van der Waals surface area contributed by atoms with Crippen molar-refractivity contribution in [2.75, 3.05) is 14.1 Å². The van der Waals surface area contributed by atoms with Gasteiger partial charge in [0.15, 0.2) is 0 Å². The molecular formula is C12H12N2O. The number of hydrogen-bond acceptors (Lipinski definition) is 2. The summed E-state index contributed by atoms with van der Waals surface area (Å²) in [6.07, 6.45) is 1.62. The van der Waals surface area contributed by atoms with Gasteiger partial charge in [0.25, 0.3) is 5.91 Å². The monoisotopic (exact) mass is 200 g/mol. The highest BCUT2D eigenvalue weighted by Crippen LogP contribution is 2.13. The van der Waals surface area contributed by atoms with Gasteiger partial charge in [-0.3, -0.25) is 9.78 Å². The fraction of sp³-hybridized carbons (Fsp3) is 0.167. The van der Waals surface area contributed by atoms with Crippen LogP contribution in [0.15, 0.2) is 36.5 Å². The third-order valence-electron chi connectivity index (χ3n) is 2.24. The van der Waals surface area contributed by atoms with E-state index in [1.807, 2.05) is 30.3 Å². The molecule has 3 nitrogen and oxygen atoms in total. The zero-order chi connectivity index (χ0) is 10.8. The highest BCUT2D eigenvalue weighted by molar-refractivity contribution is 5.96. The lowest BCUT2D eigenvalue weighted by Gasteiger charge is -2.09. The average Bonchev–Trinajstić information content (AvgIpc) is 2.27. The van der Waals surface area contributed by atoms with Crippen molar-refractivity contribution >= 4 is 16.8 Å². The third kappa shape index (κ3) is 1.81. The Kier molecular flexibility index (Phi) is 2.37. The van der Waals surface area contributed by atoms with Crippen LogP contribution in [0.5, 0.6) is 0 Å². The van der Waals surface area contributed by atoms with Crippen LogP contribution >= 0.6 is 0 Å². The predicted octanol–water partition coefficient (Wildman–Crippen LogP) is 1.94. The van der Waals surface area contributed by atoms with Gasteiger partial charge in [-0.25, -0.2) is 0 Å². The molecule has 1 amide bonds. The van der Waals surface area contributed by atoms with E-state index in [4.69, 9.17) is 0 Å². The number of hydrogen-bond donors (Lipinski definition) is 0. The maximum Gasteiger partial charge on any atom is 0.254 e. The average molecular weight is 200 g/mol. The van der Waals surface area contributed by atoms with Gasteiger partial charge in [-0.15, -0.1) is 0 Å². The summed E-state index contributed by atoms with van der Waals surface area (Å²) in [4.78, 5) is 17.5. The molecule has 0 aliphatic carbocycles. The minimum absolute atomic E-state index is 0.0201. The fourth-order valence-electron chi connectivity index (χ4n) is 1.45. The molecule has 0 radical (unpaired) electrons. The first-order valence-electron chi connectivity index (χ1n) is 4.75. The smallest absolute Gasteiger partial charge is 0.254 e. The molecule has 0 atom stereocenters. The van der Waals surface area contributed by atoms with E-state index >= 15 is 0 Å². The van der Waals surface area contributed by atoms with Crippen LogP contribution in [-0.4, -0.2) is 29.9 Å². The highest BCUT2D eigenvalue weighted by Gasteiger charge is 2.08. The molecule has 1 heterocycles. The summed E-state index contributed by atoms with van der Waals surface area (Å²) >= 11 is 0. The third-order valence-corrected chi connectivity index (χ3v) is 2.24. The van der Waals surface area contributed by atoms with E-state index < -0.39 is 0 Å². The van der Waals surface area contributed by atoms with E-state index in [1.54, 1.807) is 25.2 Å². The summed E-state index contributed by atoms with van der Waals surface area (Å²) < 4.78 is 0. The van der Waals surface area contributed by atoms with Gasteiger partial charge < -0.3 is 4.90 Å². The van der Waals surface area contributed by atoms with E-state index in [2.05, 4.69) is 4.98 Å². The molecule has 1 aromatic carbocycles. The first kappa shape index (κ1) is 9.65. The second-order valence-electron chi connectivity index (χ2n) is 3.62. The number of nitrogens with zero attached hydrogens (tertiary/aromatic N) is 2. The van der Waals surface area contributed by atoms with Gasteiger partial charge in [-0.2, -0.15) is 0 Å². The lowest BCUT2D eigenvalue weighted by atomic mass is 10.1. The molecule has 0 saturated carbocycles. The summed E-state index contributed by atoms with van der Waals surface area (Å²) in [6, 6.07) is 9.62. The molecule has 0 spiro atoms. The normalized spacial score (nSPS) is 10.3. The van der Waals surface area contributed by atoms with E-state index in [0.717, 1.165) is 10.9 Å². The Morgan fingerprint density at radius 3 is 2.73 bits per heavy atom. The maximum absolute atomic E-state index is 11.7. The van der Waals surface area contributed by atoms with Crippen molar-refractivity contribution in [3.63, 3.8) is 0 Å². The molecular weight excluding hydrogens is 188 g/mol. The Bertz CT molecular complexity index is 506. The van der Waals surface area contributed by atoms with Crippen molar-refractivity contribution < 1.29 is 4.79 Å². The largest absolute Gasteiger partial charge is 0.345 e. The van der Waals surface area contributed by atoms with Crippen LogP contribution in [0.4, 0.5) is 0 Å². The predicted molar refractivity (Wildman–Crippen MR) is 59.8 cm³/mol. The topological polar surface area (TPSA) is 33.2 Å². The molecule has 2 rings (SSSR count). The van der Waals surface area contributed by atoms with Gasteiger partial charge in [-0.1, -0.05) is 18.2 Å². The number of benzene rings is 1. The Balaban J connectivity index is 2.52. The summed E-state index contributed by atoms with van der Waals surface area (Å²) in [5.41, 5.74) is 1.53. The van der Waals surface area contributed by atoms with E-state index in [1.165, 1.54) is 0 Å². The van der Waals surface area contributed by atoms with Crippen LogP contribution in [-0.2, 0) is 0 Å². The van der Waals surface area contributed by atoms with Crippen molar-refractivity contribution in [2.45, 2.75) is 0 Å². The molecule has 0 bridgehead atoms. The van der Waals surface area contributed by atoms with Crippen LogP contribution in [0.25, 0.3) is 10.9 Å². The van der Waals surface area contributed by atoms with Crippen LogP contribution in [0.2, 0.25) is 0 Å². The molecule has 2 aromatic rings. The molecule has 0 aliphatic heterocycles. The Morgan fingerprint density at radius 1 is 1.27 bits per heavy atom. The molecule has 0 aliphatic rings. The van der Waals surface area contributed by atoms with Crippen LogP contribution in [0.1, 0.15) is 10.4 Å². The standard InChI is InChI=1S/C12H12N2O/c1-14(2)12(15)10-7-9-5-3-4-6-11(9)13-8-10/h3-8H,1-2H3. The van der Waals surface area contributed by atoms with E-state index in [0.29, 0.717) is 5.56 Å². The number of amides is 1. The fourth-order valence-corrected chi connectivity index (χ4v) is 1.45. The maximum atomic E-state index is 11.7. The van der Waals surface area contributed by atoms with E-state index in [9.17, 15) is 4.79 Å². The van der Waals surface area contributed by atoms with Gasteiger partial charge in [0.05, 0.1) is 11.1 Å². The molecule has 0 fully saturated rings. The van der Waals surface area contributed by atoms with Crippen LogP contribution in [0.3, 0.4) is 0 Å². The number of pyridine rings is 1. The summed E-state index contributed by atoms with van der Waals surface area (Å²) in [7, 11) is 3.47. The first-order valence-corrected chi connectivity index (χ1v) is 4.75. The second kappa shape index (κ2) is 3.69. The number of aromatic nitrogens is 1. The van der Waals surface area contributed by atoms with Crippen molar-refractivity contribution in [3.05, 3.63) is 42.1 Å². The van der Waals surface area contributed by atoms with Crippen molar-refractivity contribution in [3.8, 4) is 0 Å². The quantitative estimate of drug-likeness (QED) is 0.704. The van der Waals surface area contributed by atoms with Gasteiger partial charge in [0, 0.05) is 25.7 Å². The van der Waals surface area contributed by atoms with Gasteiger partial charge >= 0.3 is 0 Å². The zero-order valence-electron chi connectivity index (χ0n) is 8.77. The number of carbonyl (C=O) groups is 1. The molecule has 0 saturated heterocycles. The van der Waals surface area contributed by atoms with Crippen molar-refractivity contribution in [1.29, 1.82) is 0 Å². The minimum Gasteiger partial charge on any atom is -0.345 e. The Morgan fingerprint density at radius 2 is 2.00 bits per heavy atom. The number of rotatable bonds is 1. The second-order valence-corrected chi connectivity index (χ2v) is 3.62. The van der Waals surface area contributed by atoms with Gasteiger partial charge in [-0.05, 0) is 12.1 Å². The molecule has 0 N–H and O–H groups in total. The first-order chi connectivity index (χ1) is 7.18. The minimum atomic E-state index is -0.0201. The Hall–Kier alpha value is -1.90. The molecule has 3 heteroatoms. The van der Waals surface area contributed by atoms with Crippen molar-refractivity contribution in [1.82, 2.24) is 9.88 Å². The van der Waals surface area contributed by atoms with E-state index in [-0.39, 0.29) is 5.91 Å². The van der Waals surface area contributed by atoms with Crippen LogP contribution < -0.4 is 0 Å².